The maximum Gasteiger partial charge on any atom is 0.0726 e. The van der Waals surface area contributed by atoms with Crippen molar-refractivity contribution in [3.63, 3.8) is 0 Å². The van der Waals surface area contributed by atoms with Gasteiger partial charge in [0.05, 0.1) is 11.1 Å². The molecule has 0 amide bonds. The molecule has 1 nitrogen and oxygen atoms in total. The molecule has 59 heavy (non-hydrogen) atoms. The zero-order valence-electron chi connectivity index (χ0n) is 33.2. The van der Waals surface area contributed by atoms with Crippen LogP contribution in [0.1, 0.15) is 47.2 Å². The highest BCUT2D eigenvalue weighted by Gasteiger charge is 2.52. The number of hydrogen-bond donors (Lipinski definition) is 0. The first-order chi connectivity index (χ1) is 29.0. The van der Waals surface area contributed by atoms with Crippen molar-refractivity contribution in [2.24, 2.45) is 0 Å². The van der Waals surface area contributed by atoms with E-state index in [-0.39, 0.29) is 5.41 Å². The van der Waals surface area contributed by atoms with Crippen LogP contribution in [0.4, 0.5) is 17.1 Å². The van der Waals surface area contributed by atoms with E-state index in [2.05, 4.69) is 231 Å². The minimum absolute atomic E-state index is 0.142. The molecule has 0 atom stereocenters. The SMILES string of the molecule is CC1(C)c2ccccc2-c2ccc(N(c3cccc(-c4ccccc4-c4ccccc4)c3)c3cccc4c3-c3ccccc3C43c4ccccc4-c4ccccc43)cc21. The number of hydrogen-bond acceptors (Lipinski definition) is 1. The first-order valence-electron chi connectivity index (χ1n) is 20.8. The molecule has 0 bridgehead atoms. The van der Waals surface area contributed by atoms with Crippen molar-refractivity contribution in [3.05, 3.63) is 246 Å². The van der Waals surface area contributed by atoms with Crippen LogP contribution in [-0.2, 0) is 10.8 Å². The Hall–Kier alpha value is -7.22. The molecule has 12 rings (SSSR count). The van der Waals surface area contributed by atoms with Gasteiger partial charge in [-0.1, -0.05) is 196 Å². The largest absolute Gasteiger partial charge is 0.310 e. The zero-order valence-corrected chi connectivity index (χ0v) is 33.2. The van der Waals surface area contributed by atoms with Crippen LogP contribution >= 0.6 is 0 Å². The minimum Gasteiger partial charge on any atom is -0.310 e. The Balaban J connectivity index is 1.13. The second-order valence-corrected chi connectivity index (χ2v) is 16.8. The molecule has 0 radical (unpaired) electrons. The molecule has 278 valence electrons. The second-order valence-electron chi connectivity index (χ2n) is 16.8. The summed E-state index contributed by atoms with van der Waals surface area (Å²) >= 11 is 0. The van der Waals surface area contributed by atoms with Gasteiger partial charge in [-0.05, 0) is 114 Å². The van der Waals surface area contributed by atoms with E-state index in [1.54, 1.807) is 0 Å². The van der Waals surface area contributed by atoms with Crippen LogP contribution in [0.2, 0.25) is 0 Å². The van der Waals surface area contributed by atoms with Gasteiger partial charge in [0.2, 0.25) is 0 Å². The fourth-order valence-corrected chi connectivity index (χ4v) is 11.0. The lowest BCUT2D eigenvalue weighted by Crippen LogP contribution is -2.26. The van der Waals surface area contributed by atoms with Crippen molar-refractivity contribution < 1.29 is 0 Å². The van der Waals surface area contributed by atoms with Crippen LogP contribution in [-0.4, -0.2) is 0 Å². The van der Waals surface area contributed by atoms with E-state index in [1.807, 2.05) is 0 Å². The van der Waals surface area contributed by atoms with Crippen LogP contribution < -0.4 is 4.90 Å². The molecule has 0 saturated carbocycles. The zero-order chi connectivity index (χ0) is 39.3. The van der Waals surface area contributed by atoms with Gasteiger partial charge in [-0.15, -0.1) is 0 Å². The lowest BCUT2D eigenvalue weighted by Gasteiger charge is -2.32. The monoisotopic (exact) mass is 751 g/mol. The van der Waals surface area contributed by atoms with Crippen molar-refractivity contribution in [3.8, 4) is 55.6 Å². The summed E-state index contributed by atoms with van der Waals surface area (Å²) in [7, 11) is 0. The Morgan fingerprint density at radius 3 is 1.44 bits per heavy atom. The molecular formula is C58H41N. The summed E-state index contributed by atoms with van der Waals surface area (Å²) in [6, 6.07) is 79.2. The Morgan fingerprint density at radius 2 is 0.763 bits per heavy atom. The Labute approximate surface area is 346 Å². The number of nitrogens with zero attached hydrogens (tertiary/aromatic N) is 1. The Bertz CT molecular complexity index is 3100. The van der Waals surface area contributed by atoms with Crippen LogP contribution in [0.15, 0.2) is 212 Å². The molecule has 1 spiro atoms. The number of benzene rings is 9. The smallest absolute Gasteiger partial charge is 0.0726 e. The molecule has 0 aromatic heterocycles. The van der Waals surface area contributed by atoms with Gasteiger partial charge < -0.3 is 4.90 Å². The molecule has 0 unspecified atom stereocenters. The Kier molecular flexibility index (Phi) is 7.26. The van der Waals surface area contributed by atoms with Gasteiger partial charge in [0.15, 0.2) is 0 Å². The summed E-state index contributed by atoms with van der Waals surface area (Å²) in [5.41, 5.74) is 23.7. The van der Waals surface area contributed by atoms with Crippen molar-refractivity contribution in [1.82, 2.24) is 0 Å². The predicted molar refractivity (Wildman–Crippen MR) is 246 cm³/mol. The average molecular weight is 752 g/mol. The topological polar surface area (TPSA) is 3.24 Å². The van der Waals surface area contributed by atoms with Gasteiger partial charge in [0.25, 0.3) is 0 Å². The highest BCUT2D eigenvalue weighted by atomic mass is 15.1. The van der Waals surface area contributed by atoms with E-state index < -0.39 is 5.41 Å². The first kappa shape index (κ1) is 33.9. The molecule has 3 aliphatic carbocycles. The number of anilines is 3. The van der Waals surface area contributed by atoms with E-state index in [1.165, 1.54) is 94.7 Å². The fraction of sp³-hybridized carbons (Fsp3) is 0.0690. The van der Waals surface area contributed by atoms with E-state index in [4.69, 9.17) is 0 Å². The molecule has 0 saturated heterocycles. The van der Waals surface area contributed by atoms with Gasteiger partial charge in [-0.3, -0.25) is 0 Å². The third kappa shape index (κ3) is 4.67. The van der Waals surface area contributed by atoms with Crippen LogP contribution in [0.3, 0.4) is 0 Å². The quantitative estimate of drug-likeness (QED) is 0.169. The summed E-state index contributed by atoms with van der Waals surface area (Å²) in [4.78, 5) is 2.54. The Morgan fingerprint density at radius 1 is 0.305 bits per heavy atom. The molecule has 0 heterocycles. The van der Waals surface area contributed by atoms with E-state index in [9.17, 15) is 0 Å². The van der Waals surface area contributed by atoms with Gasteiger partial charge in [-0.25, -0.2) is 0 Å². The van der Waals surface area contributed by atoms with E-state index in [0.29, 0.717) is 0 Å². The summed E-state index contributed by atoms with van der Waals surface area (Å²) < 4.78 is 0. The molecule has 1 heteroatoms. The maximum atomic E-state index is 2.54. The number of rotatable bonds is 5. The van der Waals surface area contributed by atoms with Crippen molar-refractivity contribution in [2.45, 2.75) is 24.7 Å². The van der Waals surface area contributed by atoms with Crippen molar-refractivity contribution >= 4 is 17.1 Å². The average Bonchev–Trinajstić information content (AvgIpc) is 3.86. The van der Waals surface area contributed by atoms with Gasteiger partial charge >= 0.3 is 0 Å². The van der Waals surface area contributed by atoms with Crippen LogP contribution in [0.5, 0.6) is 0 Å². The highest BCUT2D eigenvalue weighted by molar-refractivity contribution is 6.01. The minimum atomic E-state index is -0.432. The predicted octanol–water partition coefficient (Wildman–Crippen LogP) is 15.1. The molecule has 3 aliphatic rings. The number of fused-ring (bicyclic) bond motifs is 13. The van der Waals surface area contributed by atoms with Crippen molar-refractivity contribution in [1.29, 1.82) is 0 Å². The first-order valence-corrected chi connectivity index (χ1v) is 20.8. The maximum absolute atomic E-state index is 2.54. The summed E-state index contributed by atoms with van der Waals surface area (Å²) in [5, 5.41) is 0. The van der Waals surface area contributed by atoms with Gasteiger partial charge in [0.1, 0.15) is 0 Å². The van der Waals surface area contributed by atoms with E-state index in [0.717, 1.165) is 11.4 Å². The molecule has 9 aromatic rings. The summed E-state index contributed by atoms with van der Waals surface area (Å²) in [6.45, 7) is 4.75. The molecule has 0 N–H and O–H groups in total. The second kappa shape index (κ2) is 12.6. The highest BCUT2D eigenvalue weighted by Crippen LogP contribution is 2.65. The van der Waals surface area contributed by atoms with Crippen molar-refractivity contribution in [2.75, 3.05) is 4.90 Å². The fourth-order valence-electron chi connectivity index (χ4n) is 11.0. The van der Waals surface area contributed by atoms with Crippen LogP contribution in [0.25, 0.3) is 55.6 Å². The molecule has 9 aromatic carbocycles. The lowest BCUT2D eigenvalue weighted by atomic mass is 9.70. The summed E-state index contributed by atoms with van der Waals surface area (Å²) in [5.74, 6) is 0. The van der Waals surface area contributed by atoms with Crippen LogP contribution in [0, 0.1) is 0 Å². The normalized spacial score (nSPS) is 14.2. The van der Waals surface area contributed by atoms with E-state index >= 15 is 0 Å². The third-order valence-corrected chi connectivity index (χ3v) is 13.5. The third-order valence-electron chi connectivity index (χ3n) is 13.5. The molecule has 0 aliphatic heterocycles. The molecule has 0 fully saturated rings. The summed E-state index contributed by atoms with van der Waals surface area (Å²) in [6.07, 6.45) is 0. The standard InChI is InChI=1S/C58H41N/c1-57(2)49-28-12-8-24-44(49)47-35-34-41(37-54(47)57)59(40-21-16-20-39(36-40)43-23-7-6-22-42(43)38-18-4-3-5-19-38)55-33-17-32-53-56(55)48-27-11-15-31-52(48)58(53)50-29-13-9-25-45(50)46-26-10-14-30-51(46)58/h3-37H,1-2H3. The van der Waals surface area contributed by atoms with Gasteiger partial charge in [-0.2, -0.15) is 0 Å². The molecular weight excluding hydrogens is 711 g/mol. The van der Waals surface area contributed by atoms with Gasteiger partial charge in [0, 0.05) is 22.4 Å². The lowest BCUT2D eigenvalue weighted by molar-refractivity contribution is 0.660.